The second-order valence-corrected chi connectivity index (χ2v) is 5.38. The Morgan fingerprint density at radius 3 is 2.46 bits per heavy atom. The third-order valence-corrected chi connectivity index (χ3v) is 3.67. The summed E-state index contributed by atoms with van der Waals surface area (Å²) < 4.78 is 5.08. The highest BCUT2D eigenvalue weighted by Gasteiger charge is 2.10. The molecule has 1 amide bonds. The number of halogens is 1. The number of rotatable bonds is 4. The van der Waals surface area contributed by atoms with Gasteiger partial charge in [0.05, 0.1) is 17.8 Å². The van der Waals surface area contributed by atoms with Crippen molar-refractivity contribution < 1.29 is 9.53 Å². The van der Waals surface area contributed by atoms with Gasteiger partial charge in [-0.2, -0.15) is 0 Å². The molecule has 2 aromatic carbocycles. The standard InChI is InChI=1S/C18H14ClN3O2/c1-24-17-10-7-13(11-14(17)19)20-18(23)16-9-8-15(21-22-16)12-5-3-2-4-6-12/h2-11H,1H3,(H,20,23). The monoisotopic (exact) mass is 339 g/mol. The Hall–Kier alpha value is -2.92. The van der Waals surface area contributed by atoms with Gasteiger partial charge in [0.15, 0.2) is 5.69 Å². The van der Waals surface area contributed by atoms with Crippen LogP contribution in [0, 0.1) is 0 Å². The smallest absolute Gasteiger partial charge is 0.276 e. The van der Waals surface area contributed by atoms with Crippen molar-refractivity contribution in [3.05, 3.63) is 71.4 Å². The Morgan fingerprint density at radius 2 is 1.83 bits per heavy atom. The van der Waals surface area contributed by atoms with Crippen molar-refractivity contribution in [3.8, 4) is 17.0 Å². The largest absolute Gasteiger partial charge is 0.495 e. The highest BCUT2D eigenvalue weighted by Crippen LogP contribution is 2.27. The zero-order chi connectivity index (χ0) is 16.9. The van der Waals surface area contributed by atoms with E-state index in [-0.39, 0.29) is 11.6 Å². The van der Waals surface area contributed by atoms with Crippen molar-refractivity contribution in [3.63, 3.8) is 0 Å². The van der Waals surface area contributed by atoms with Crippen molar-refractivity contribution in [2.45, 2.75) is 0 Å². The van der Waals surface area contributed by atoms with Crippen LogP contribution < -0.4 is 10.1 Å². The first-order valence-corrected chi connectivity index (χ1v) is 7.59. The van der Waals surface area contributed by atoms with Gasteiger partial charge in [0.1, 0.15) is 5.75 Å². The van der Waals surface area contributed by atoms with Crippen molar-refractivity contribution in [2.24, 2.45) is 0 Å². The van der Waals surface area contributed by atoms with Crippen LogP contribution in [0.15, 0.2) is 60.7 Å². The Labute approximate surface area is 144 Å². The van der Waals surface area contributed by atoms with E-state index >= 15 is 0 Å². The molecule has 0 aliphatic heterocycles. The summed E-state index contributed by atoms with van der Waals surface area (Å²) in [6.45, 7) is 0. The summed E-state index contributed by atoms with van der Waals surface area (Å²) in [5.74, 6) is 0.185. The summed E-state index contributed by atoms with van der Waals surface area (Å²) in [5, 5.41) is 11.2. The molecule has 1 aromatic heterocycles. The van der Waals surface area contributed by atoms with E-state index in [9.17, 15) is 4.79 Å². The predicted molar refractivity (Wildman–Crippen MR) is 93.4 cm³/mol. The number of nitrogens with zero attached hydrogens (tertiary/aromatic N) is 2. The molecule has 3 rings (SSSR count). The van der Waals surface area contributed by atoms with E-state index in [2.05, 4.69) is 15.5 Å². The molecule has 0 fully saturated rings. The molecule has 3 aromatic rings. The number of hydrogen-bond acceptors (Lipinski definition) is 4. The van der Waals surface area contributed by atoms with Gasteiger partial charge in [0.25, 0.3) is 5.91 Å². The van der Waals surface area contributed by atoms with Crippen LogP contribution in [0.1, 0.15) is 10.5 Å². The lowest BCUT2D eigenvalue weighted by molar-refractivity contribution is 0.102. The van der Waals surface area contributed by atoms with Crippen LogP contribution >= 0.6 is 11.6 Å². The molecule has 24 heavy (non-hydrogen) atoms. The fourth-order valence-electron chi connectivity index (χ4n) is 2.16. The summed E-state index contributed by atoms with van der Waals surface area (Å²) in [6, 6.07) is 18.0. The fourth-order valence-corrected chi connectivity index (χ4v) is 2.41. The molecule has 0 unspecified atom stereocenters. The SMILES string of the molecule is COc1ccc(NC(=O)c2ccc(-c3ccccc3)nn2)cc1Cl. The summed E-state index contributed by atoms with van der Waals surface area (Å²) in [4.78, 5) is 12.2. The molecule has 1 N–H and O–H groups in total. The molecule has 120 valence electrons. The second-order valence-electron chi connectivity index (χ2n) is 4.97. The molecule has 0 spiro atoms. The number of aromatic nitrogens is 2. The Bertz CT molecular complexity index is 852. The number of amides is 1. The van der Waals surface area contributed by atoms with Crippen LogP contribution in [0.3, 0.4) is 0 Å². The first-order valence-electron chi connectivity index (χ1n) is 7.21. The van der Waals surface area contributed by atoms with E-state index < -0.39 is 0 Å². The molecule has 5 nitrogen and oxygen atoms in total. The van der Waals surface area contributed by atoms with Gasteiger partial charge in [-0.3, -0.25) is 4.79 Å². The third kappa shape index (κ3) is 3.52. The molecule has 0 saturated carbocycles. The number of anilines is 1. The molecule has 6 heteroatoms. The summed E-state index contributed by atoms with van der Waals surface area (Å²) >= 11 is 6.04. The van der Waals surface area contributed by atoms with E-state index in [1.165, 1.54) is 7.11 Å². The van der Waals surface area contributed by atoms with Gasteiger partial charge in [-0.05, 0) is 30.3 Å². The van der Waals surface area contributed by atoms with E-state index in [1.54, 1.807) is 30.3 Å². The molecule has 0 aliphatic rings. The predicted octanol–water partition coefficient (Wildman–Crippen LogP) is 4.06. The Balaban J connectivity index is 1.75. The van der Waals surface area contributed by atoms with Crippen LogP contribution in [0.25, 0.3) is 11.3 Å². The highest BCUT2D eigenvalue weighted by molar-refractivity contribution is 6.32. The normalized spacial score (nSPS) is 10.2. The average molecular weight is 340 g/mol. The summed E-state index contributed by atoms with van der Waals surface area (Å²) in [5.41, 5.74) is 2.43. The molecule has 0 radical (unpaired) electrons. The Morgan fingerprint density at radius 1 is 1.04 bits per heavy atom. The highest BCUT2D eigenvalue weighted by atomic mass is 35.5. The zero-order valence-electron chi connectivity index (χ0n) is 12.9. The van der Waals surface area contributed by atoms with Crippen LogP contribution in [-0.2, 0) is 0 Å². The minimum absolute atomic E-state index is 0.224. The number of carbonyl (C=O) groups is 1. The van der Waals surface area contributed by atoms with Crippen molar-refractivity contribution in [1.82, 2.24) is 10.2 Å². The number of methoxy groups -OCH3 is 1. The van der Waals surface area contributed by atoms with Gasteiger partial charge in [-0.1, -0.05) is 41.9 Å². The maximum absolute atomic E-state index is 12.2. The minimum Gasteiger partial charge on any atom is -0.495 e. The van der Waals surface area contributed by atoms with Gasteiger partial charge in [0.2, 0.25) is 0 Å². The molecular weight excluding hydrogens is 326 g/mol. The second kappa shape index (κ2) is 7.10. The molecular formula is C18H14ClN3O2. The molecule has 0 atom stereocenters. The van der Waals surface area contributed by atoms with Crippen molar-refractivity contribution in [1.29, 1.82) is 0 Å². The van der Waals surface area contributed by atoms with Gasteiger partial charge >= 0.3 is 0 Å². The molecule has 0 saturated heterocycles. The lowest BCUT2D eigenvalue weighted by Crippen LogP contribution is -2.14. The fraction of sp³-hybridized carbons (Fsp3) is 0.0556. The maximum atomic E-state index is 12.2. The number of carbonyl (C=O) groups excluding carboxylic acids is 1. The van der Waals surface area contributed by atoms with Gasteiger partial charge in [-0.15, -0.1) is 10.2 Å². The molecule has 0 aliphatic carbocycles. The van der Waals surface area contributed by atoms with Crippen molar-refractivity contribution >= 4 is 23.2 Å². The van der Waals surface area contributed by atoms with Crippen LogP contribution in [-0.4, -0.2) is 23.2 Å². The maximum Gasteiger partial charge on any atom is 0.276 e. The first kappa shape index (κ1) is 16.0. The van der Waals surface area contributed by atoms with Crippen LogP contribution in [0.5, 0.6) is 5.75 Å². The average Bonchev–Trinajstić information content (AvgIpc) is 2.63. The van der Waals surface area contributed by atoms with Crippen LogP contribution in [0.2, 0.25) is 5.02 Å². The van der Waals surface area contributed by atoms with Gasteiger partial charge in [-0.25, -0.2) is 0 Å². The molecule has 1 heterocycles. The number of ether oxygens (including phenoxy) is 1. The third-order valence-electron chi connectivity index (χ3n) is 3.38. The lowest BCUT2D eigenvalue weighted by atomic mass is 10.1. The van der Waals surface area contributed by atoms with Gasteiger partial charge in [0, 0.05) is 11.3 Å². The molecule has 0 bridgehead atoms. The zero-order valence-corrected chi connectivity index (χ0v) is 13.6. The number of nitrogens with one attached hydrogen (secondary N) is 1. The number of hydrogen-bond donors (Lipinski definition) is 1. The summed E-state index contributed by atoms with van der Waals surface area (Å²) in [7, 11) is 1.53. The van der Waals surface area contributed by atoms with E-state index in [1.807, 2.05) is 30.3 Å². The van der Waals surface area contributed by atoms with E-state index in [0.29, 0.717) is 22.2 Å². The van der Waals surface area contributed by atoms with E-state index in [4.69, 9.17) is 16.3 Å². The lowest BCUT2D eigenvalue weighted by Gasteiger charge is -2.08. The first-order chi connectivity index (χ1) is 11.7. The topological polar surface area (TPSA) is 64.1 Å². The number of benzene rings is 2. The quantitative estimate of drug-likeness (QED) is 0.778. The van der Waals surface area contributed by atoms with E-state index in [0.717, 1.165) is 5.56 Å². The van der Waals surface area contributed by atoms with Crippen LogP contribution in [0.4, 0.5) is 5.69 Å². The summed E-state index contributed by atoms with van der Waals surface area (Å²) in [6.07, 6.45) is 0. The minimum atomic E-state index is -0.358. The Kier molecular flexibility index (Phi) is 4.72. The van der Waals surface area contributed by atoms with Gasteiger partial charge < -0.3 is 10.1 Å². The van der Waals surface area contributed by atoms with Crippen molar-refractivity contribution in [2.75, 3.05) is 12.4 Å².